The van der Waals surface area contributed by atoms with Gasteiger partial charge >= 0.3 is 0 Å². The van der Waals surface area contributed by atoms with Crippen LogP contribution in [-0.2, 0) is 0 Å². The van der Waals surface area contributed by atoms with Crippen LogP contribution in [0.5, 0.6) is 0 Å². The molecule has 0 saturated heterocycles. The van der Waals surface area contributed by atoms with Crippen LogP contribution in [0.1, 0.15) is 0 Å². The quantitative estimate of drug-likeness (QED) is 0.242. The highest BCUT2D eigenvalue weighted by Gasteiger charge is 2.22. The molecular weight excluding hydrogens is 460 g/mol. The van der Waals surface area contributed by atoms with Gasteiger partial charge in [-0.15, -0.1) is 10.2 Å². The first-order valence-corrected chi connectivity index (χ1v) is 11.1. The van der Waals surface area contributed by atoms with Crippen LogP contribution in [-0.4, -0.2) is 29.7 Å². The molecule has 0 aliphatic rings. The summed E-state index contributed by atoms with van der Waals surface area (Å²) in [5, 5.41) is 26.7. The molecule has 0 unspecified atom stereocenters. The Bertz CT molecular complexity index is 1650. The van der Waals surface area contributed by atoms with Crippen LogP contribution in [0.3, 0.4) is 0 Å². The van der Waals surface area contributed by atoms with Gasteiger partial charge in [0.25, 0.3) is 5.69 Å². The highest BCUT2D eigenvalue weighted by atomic mass is 35.5. The van der Waals surface area contributed by atoms with Crippen molar-refractivity contribution in [2.75, 3.05) is 0 Å². The number of hydrogen-bond donors (Lipinski definition) is 1. The van der Waals surface area contributed by atoms with Crippen molar-refractivity contribution >= 4 is 44.5 Å². The number of aromatic amines is 1. The van der Waals surface area contributed by atoms with Gasteiger partial charge in [0.1, 0.15) is 5.01 Å². The van der Waals surface area contributed by atoms with E-state index in [1.165, 1.54) is 23.5 Å². The molecule has 160 valence electrons. The third-order valence-electron chi connectivity index (χ3n) is 5.36. The lowest BCUT2D eigenvalue weighted by molar-refractivity contribution is -0.384. The lowest BCUT2D eigenvalue weighted by Gasteiger charge is -2.03. The van der Waals surface area contributed by atoms with E-state index in [4.69, 9.17) is 16.7 Å². The molecule has 0 radical (unpaired) electrons. The summed E-state index contributed by atoms with van der Waals surface area (Å²) < 4.78 is 1.69. The molecule has 1 N–H and O–H groups in total. The topological polar surface area (TPSA) is 102 Å². The fraction of sp³-hybridized carbons (Fsp3) is 0. The zero-order chi connectivity index (χ0) is 22.5. The summed E-state index contributed by atoms with van der Waals surface area (Å²) in [7, 11) is 0. The second kappa shape index (κ2) is 7.51. The van der Waals surface area contributed by atoms with Crippen molar-refractivity contribution in [3.05, 3.63) is 87.9 Å². The second-order valence-electron chi connectivity index (χ2n) is 7.36. The van der Waals surface area contributed by atoms with Gasteiger partial charge in [-0.3, -0.25) is 10.1 Å². The Labute approximate surface area is 195 Å². The molecule has 3 aromatic carbocycles. The van der Waals surface area contributed by atoms with E-state index in [9.17, 15) is 10.1 Å². The van der Waals surface area contributed by atoms with Crippen molar-refractivity contribution < 1.29 is 4.92 Å². The second-order valence-corrected chi connectivity index (χ2v) is 8.75. The van der Waals surface area contributed by atoms with Gasteiger partial charge in [0.2, 0.25) is 10.8 Å². The highest BCUT2D eigenvalue weighted by Crippen LogP contribution is 2.39. The Morgan fingerprint density at radius 3 is 2.52 bits per heavy atom. The van der Waals surface area contributed by atoms with Crippen LogP contribution in [0.2, 0.25) is 5.02 Å². The van der Waals surface area contributed by atoms with Gasteiger partial charge in [-0.1, -0.05) is 53.3 Å². The molecule has 0 spiro atoms. The van der Waals surface area contributed by atoms with E-state index < -0.39 is 4.92 Å². The van der Waals surface area contributed by atoms with Gasteiger partial charge in [-0.05, 0) is 35.9 Å². The molecule has 3 aromatic heterocycles. The summed E-state index contributed by atoms with van der Waals surface area (Å²) in [6.07, 6.45) is 0. The molecule has 0 fully saturated rings. The zero-order valence-electron chi connectivity index (χ0n) is 16.8. The molecule has 0 aliphatic heterocycles. The first-order chi connectivity index (χ1) is 16.1. The van der Waals surface area contributed by atoms with Gasteiger partial charge < -0.3 is 4.98 Å². The molecule has 6 aromatic rings. The molecule has 33 heavy (non-hydrogen) atoms. The van der Waals surface area contributed by atoms with Crippen LogP contribution in [0.15, 0.2) is 72.8 Å². The minimum atomic E-state index is -0.423. The van der Waals surface area contributed by atoms with Gasteiger partial charge in [-0.25, -0.2) is 0 Å². The number of nitrogens with one attached hydrogen (secondary N) is 1. The Kier molecular flexibility index (Phi) is 4.46. The van der Waals surface area contributed by atoms with E-state index in [2.05, 4.69) is 15.2 Å². The number of nitro groups is 1. The monoisotopic (exact) mass is 472 g/mol. The van der Waals surface area contributed by atoms with E-state index in [-0.39, 0.29) is 5.69 Å². The number of halogens is 1. The van der Waals surface area contributed by atoms with E-state index in [1.807, 2.05) is 48.5 Å². The van der Waals surface area contributed by atoms with Gasteiger partial charge in [-0.2, -0.15) is 9.61 Å². The molecular formula is C23H13ClN6O2S. The van der Waals surface area contributed by atoms with Crippen molar-refractivity contribution in [2.24, 2.45) is 0 Å². The maximum absolute atomic E-state index is 11.0. The number of hydrogen-bond acceptors (Lipinski definition) is 6. The first kappa shape index (κ1) is 19.6. The Morgan fingerprint density at radius 2 is 1.76 bits per heavy atom. The molecule has 0 aliphatic carbocycles. The SMILES string of the molecule is O=[N+]([O-])c1ccc(-c2nn3c(-c4[nH]c5ccc(Cl)cc5c4-c4ccccc4)nnc3s2)cc1. The number of aromatic nitrogens is 5. The predicted molar refractivity (Wildman–Crippen MR) is 128 cm³/mol. The third-order valence-corrected chi connectivity index (χ3v) is 6.55. The summed E-state index contributed by atoms with van der Waals surface area (Å²) in [6.45, 7) is 0. The van der Waals surface area contributed by atoms with E-state index >= 15 is 0 Å². The van der Waals surface area contributed by atoms with E-state index in [1.54, 1.807) is 16.6 Å². The molecule has 0 atom stereocenters. The number of fused-ring (bicyclic) bond motifs is 2. The third kappa shape index (κ3) is 3.25. The number of nitro benzene ring substituents is 1. The molecule has 3 heterocycles. The number of rotatable bonds is 4. The van der Waals surface area contributed by atoms with Crippen LogP contribution in [0.25, 0.3) is 49.1 Å². The highest BCUT2D eigenvalue weighted by molar-refractivity contribution is 7.19. The first-order valence-electron chi connectivity index (χ1n) is 9.92. The van der Waals surface area contributed by atoms with Gasteiger partial charge in [0.15, 0.2) is 0 Å². The maximum Gasteiger partial charge on any atom is 0.269 e. The van der Waals surface area contributed by atoms with Gasteiger partial charge in [0.05, 0.1) is 10.6 Å². The minimum absolute atomic E-state index is 0.0340. The van der Waals surface area contributed by atoms with E-state index in [0.717, 1.165) is 33.3 Å². The van der Waals surface area contributed by atoms with Crippen molar-refractivity contribution in [3.8, 4) is 33.2 Å². The van der Waals surface area contributed by atoms with Crippen molar-refractivity contribution in [1.29, 1.82) is 0 Å². The molecule has 10 heteroatoms. The normalized spacial score (nSPS) is 11.4. The molecule has 8 nitrogen and oxygen atoms in total. The Balaban J connectivity index is 1.54. The van der Waals surface area contributed by atoms with Crippen LogP contribution in [0, 0.1) is 10.1 Å². The van der Waals surface area contributed by atoms with Gasteiger partial charge in [0, 0.05) is 39.2 Å². The van der Waals surface area contributed by atoms with Crippen LogP contribution >= 0.6 is 22.9 Å². The number of benzene rings is 3. The Morgan fingerprint density at radius 1 is 0.970 bits per heavy atom. The lowest BCUT2D eigenvalue weighted by Crippen LogP contribution is -1.93. The smallest absolute Gasteiger partial charge is 0.269 e. The van der Waals surface area contributed by atoms with E-state index in [0.29, 0.717) is 20.8 Å². The predicted octanol–water partition coefficient (Wildman–Crippen LogP) is 6.23. The summed E-state index contributed by atoms with van der Waals surface area (Å²) in [6, 6.07) is 22.0. The average Bonchev–Trinajstić information content (AvgIpc) is 3.52. The lowest BCUT2D eigenvalue weighted by atomic mass is 10.0. The number of H-pyrrole nitrogens is 1. The molecule has 0 bridgehead atoms. The fourth-order valence-electron chi connectivity index (χ4n) is 3.85. The summed E-state index contributed by atoms with van der Waals surface area (Å²) in [5.74, 6) is 0.570. The fourth-order valence-corrected chi connectivity index (χ4v) is 4.87. The summed E-state index contributed by atoms with van der Waals surface area (Å²) in [4.78, 5) is 14.6. The maximum atomic E-state index is 11.0. The molecule has 6 rings (SSSR count). The largest absolute Gasteiger partial charge is 0.351 e. The summed E-state index contributed by atoms with van der Waals surface area (Å²) >= 11 is 7.67. The van der Waals surface area contributed by atoms with Crippen LogP contribution < -0.4 is 0 Å². The average molecular weight is 473 g/mol. The summed E-state index contributed by atoms with van der Waals surface area (Å²) in [5.41, 5.74) is 4.50. The zero-order valence-corrected chi connectivity index (χ0v) is 18.3. The Hall–Kier alpha value is -4.08. The van der Waals surface area contributed by atoms with Crippen molar-refractivity contribution in [2.45, 2.75) is 0 Å². The minimum Gasteiger partial charge on any atom is -0.351 e. The van der Waals surface area contributed by atoms with Crippen molar-refractivity contribution in [3.63, 3.8) is 0 Å². The molecule has 0 amide bonds. The number of nitrogens with zero attached hydrogens (tertiary/aromatic N) is 5. The molecule has 0 saturated carbocycles. The van der Waals surface area contributed by atoms with Crippen LogP contribution in [0.4, 0.5) is 5.69 Å². The standard InChI is InChI=1S/C23H13ClN6O2S/c24-15-8-11-18-17(12-15)19(13-4-2-1-3-5-13)20(25-18)21-26-27-23-29(21)28-22(33-23)14-6-9-16(10-7-14)30(31)32/h1-12,25H. The van der Waals surface area contributed by atoms with Crippen molar-refractivity contribution in [1.82, 2.24) is 24.8 Å². The number of non-ortho nitro benzene ring substituents is 1.